The summed E-state index contributed by atoms with van der Waals surface area (Å²) in [7, 11) is 0. The van der Waals surface area contributed by atoms with Crippen LogP contribution in [0, 0.1) is 6.92 Å². The lowest BCUT2D eigenvalue weighted by molar-refractivity contribution is 0.102. The molecular weight excluding hydrogens is 312 g/mol. The number of aromatic nitrogens is 3. The molecule has 5 heteroatoms. The van der Waals surface area contributed by atoms with E-state index in [-0.39, 0.29) is 5.91 Å². The number of nitrogens with zero attached hydrogens (tertiary/aromatic N) is 3. The Labute approximate surface area is 145 Å². The third-order valence-corrected chi connectivity index (χ3v) is 5.34. The molecule has 2 atom stereocenters. The van der Waals surface area contributed by atoms with Gasteiger partial charge in [0.15, 0.2) is 0 Å². The van der Waals surface area contributed by atoms with Gasteiger partial charge in [0.05, 0.1) is 22.4 Å². The zero-order chi connectivity index (χ0) is 17.0. The monoisotopic (exact) mass is 330 g/mol. The Bertz CT molecular complexity index is 1010. The molecule has 1 aromatic carbocycles. The topological polar surface area (TPSA) is 67.8 Å². The van der Waals surface area contributed by atoms with Crippen molar-refractivity contribution in [2.24, 2.45) is 0 Å². The summed E-state index contributed by atoms with van der Waals surface area (Å²) in [5.74, 6) is 1.53. The second kappa shape index (κ2) is 5.34. The van der Waals surface area contributed by atoms with Crippen LogP contribution >= 0.6 is 0 Å². The number of pyridine rings is 1. The second-order valence-corrected chi connectivity index (χ2v) is 7.08. The summed E-state index contributed by atoms with van der Waals surface area (Å²) in [6.45, 7) is 1.97. The Balaban J connectivity index is 1.49. The fourth-order valence-corrected chi connectivity index (χ4v) is 4.09. The zero-order valence-corrected chi connectivity index (χ0v) is 14.0. The van der Waals surface area contributed by atoms with Crippen LogP contribution in [0.1, 0.15) is 58.4 Å². The van der Waals surface area contributed by atoms with Crippen molar-refractivity contribution in [2.75, 3.05) is 5.32 Å². The molecule has 25 heavy (non-hydrogen) atoms. The molecule has 1 amide bonds. The maximum atomic E-state index is 12.5. The molecule has 1 fully saturated rings. The van der Waals surface area contributed by atoms with Gasteiger partial charge in [-0.3, -0.25) is 4.79 Å². The van der Waals surface area contributed by atoms with E-state index in [2.05, 4.69) is 10.3 Å². The largest absolute Gasteiger partial charge is 0.307 e. The molecule has 0 aliphatic heterocycles. The fraction of sp³-hybridized carbons (Fsp3) is 0.300. The summed E-state index contributed by atoms with van der Waals surface area (Å²) >= 11 is 0. The minimum atomic E-state index is -0.177. The Hall–Kier alpha value is -2.82. The van der Waals surface area contributed by atoms with Crippen molar-refractivity contribution in [1.29, 1.82) is 0 Å². The molecule has 0 saturated heterocycles. The van der Waals surface area contributed by atoms with Crippen molar-refractivity contribution in [3.05, 3.63) is 59.0 Å². The minimum absolute atomic E-state index is 0.177. The average Bonchev–Trinajstić information content (AvgIpc) is 3.21. The smallest absolute Gasteiger partial charge is 0.256 e. The van der Waals surface area contributed by atoms with E-state index in [1.807, 2.05) is 37.3 Å². The second-order valence-electron chi connectivity index (χ2n) is 7.08. The number of amides is 1. The Morgan fingerprint density at radius 1 is 1.04 bits per heavy atom. The van der Waals surface area contributed by atoms with Crippen LogP contribution in [0.15, 0.2) is 36.5 Å². The number of nitrogens with one attached hydrogen (secondary N) is 1. The Morgan fingerprint density at radius 2 is 1.80 bits per heavy atom. The van der Waals surface area contributed by atoms with E-state index in [4.69, 9.17) is 9.97 Å². The van der Waals surface area contributed by atoms with Crippen molar-refractivity contribution in [3.8, 4) is 0 Å². The Morgan fingerprint density at radius 3 is 2.56 bits per heavy atom. The number of benzene rings is 1. The van der Waals surface area contributed by atoms with Gasteiger partial charge in [0.1, 0.15) is 5.82 Å². The molecule has 5 rings (SSSR count). The molecule has 2 aliphatic carbocycles. The van der Waals surface area contributed by atoms with E-state index < -0.39 is 0 Å². The van der Waals surface area contributed by atoms with Crippen molar-refractivity contribution in [3.63, 3.8) is 0 Å². The number of carbonyl (C=O) groups is 1. The van der Waals surface area contributed by atoms with Crippen LogP contribution in [0.2, 0.25) is 0 Å². The summed E-state index contributed by atoms with van der Waals surface area (Å²) in [4.78, 5) is 26.4. The van der Waals surface area contributed by atoms with Crippen LogP contribution in [0.5, 0.6) is 0 Å². The first-order chi connectivity index (χ1) is 12.2. The van der Waals surface area contributed by atoms with Crippen LogP contribution in [0.3, 0.4) is 0 Å². The highest BCUT2D eigenvalue weighted by atomic mass is 16.1. The van der Waals surface area contributed by atoms with Crippen LogP contribution in [-0.4, -0.2) is 20.9 Å². The lowest BCUT2D eigenvalue weighted by Gasteiger charge is -2.14. The van der Waals surface area contributed by atoms with Gasteiger partial charge in [0, 0.05) is 23.6 Å². The van der Waals surface area contributed by atoms with Gasteiger partial charge < -0.3 is 5.32 Å². The van der Waals surface area contributed by atoms with E-state index in [1.165, 1.54) is 25.0 Å². The highest BCUT2D eigenvalue weighted by Gasteiger charge is 2.39. The normalized spacial score (nSPS) is 20.7. The van der Waals surface area contributed by atoms with E-state index in [1.54, 1.807) is 6.20 Å². The molecule has 0 radical (unpaired) electrons. The van der Waals surface area contributed by atoms with Gasteiger partial charge in [-0.25, -0.2) is 15.0 Å². The molecule has 0 spiro atoms. The molecule has 2 aromatic heterocycles. The van der Waals surface area contributed by atoms with Crippen LogP contribution in [0.25, 0.3) is 11.0 Å². The summed E-state index contributed by atoms with van der Waals surface area (Å²) in [6, 6.07) is 9.28. The fourth-order valence-electron chi connectivity index (χ4n) is 4.09. The number of rotatable bonds is 2. The van der Waals surface area contributed by atoms with Crippen molar-refractivity contribution < 1.29 is 4.79 Å². The first-order valence-corrected chi connectivity index (χ1v) is 8.73. The standard InChI is InChI=1S/C20H18N4O/c1-11-6-7-21-17(8-11)24-20(25)14-4-5-15-16(10-14)23-19-13-3-2-12(9-13)18(19)22-15/h4-8,10,12-13H,2-3,9H2,1H3,(H,21,24,25). The average molecular weight is 330 g/mol. The first kappa shape index (κ1) is 14.5. The third kappa shape index (κ3) is 2.38. The lowest BCUT2D eigenvalue weighted by atomic mass is 10.00. The van der Waals surface area contributed by atoms with Crippen molar-refractivity contribution in [1.82, 2.24) is 15.0 Å². The van der Waals surface area contributed by atoms with E-state index >= 15 is 0 Å². The summed E-state index contributed by atoms with van der Waals surface area (Å²) in [5.41, 5.74) is 5.65. The summed E-state index contributed by atoms with van der Waals surface area (Å²) in [5, 5.41) is 2.84. The molecule has 1 N–H and O–H groups in total. The lowest BCUT2D eigenvalue weighted by Crippen LogP contribution is -2.13. The van der Waals surface area contributed by atoms with Crippen LogP contribution in [0.4, 0.5) is 5.82 Å². The maximum Gasteiger partial charge on any atom is 0.256 e. The number of hydrogen-bond acceptors (Lipinski definition) is 4. The quantitative estimate of drug-likeness (QED) is 0.772. The number of carbonyl (C=O) groups excluding carboxylic acids is 1. The zero-order valence-electron chi connectivity index (χ0n) is 14.0. The molecule has 2 bridgehead atoms. The molecular formula is C20H18N4O. The molecule has 2 unspecified atom stereocenters. The highest BCUT2D eigenvalue weighted by Crippen LogP contribution is 2.51. The molecule has 3 aromatic rings. The van der Waals surface area contributed by atoms with Gasteiger partial charge in [-0.15, -0.1) is 0 Å². The van der Waals surface area contributed by atoms with E-state index in [0.717, 1.165) is 22.3 Å². The maximum absolute atomic E-state index is 12.5. The summed E-state index contributed by atoms with van der Waals surface area (Å²) < 4.78 is 0. The molecule has 2 heterocycles. The predicted octanol–water partition coefficient (Wildman–Crippen LogP) is 3.95. The van der Waals surface area contributed by atoms with Gasteiger partial charge in [0.2, 0.25) is 0 Å². The Kier molecular flexibility index (Phi) is 3.10. The van der Waals surface area contributed by atoms with Crippen molar-refractivity contribution >= 4 is 22.8 Å². The van der Waals surface area contributed by atoms with Gasteiger partial charge in [0.25, 0.3) is 5.91 Å². The van der Waals surface area contributed by atoms with Gasteiger partial charge in [-0.1, -0.05) is 0 Å². The molecule has 2 aliphatic rings. The van der Waals surface area contributed by atoms with Gasteiger partial charge in [-0.05, 0) is 62.1 Å². The third-order valence-electron chi connectivity index (χ3n) is 5.34. The number of aryl methyl sites for hydroxylation is 1. The molecule has 5 nitrogen and oxygen atoms in total. The molecule has 1 saturated carbocycles. The first-order valence-electron chi connectivity index (χ1n) is 8.73. The van der Waals surface area contributed by atoms with Gasteiger partial charge in [-0.2, -0.15) is 0 Å². The number of anilines is 1. The van der Waals surface area contributed by atoms with Crippen LogP contribution < -0.4 is 5.32 Å². The SMILES string of the molecule is Cc1ccnc(NC(=O)c2ccc3nc4c(nc3c2)C2CCC4C2)c1. The summed E-state index contributed by atoms with van der Waals surface area (Å²) in [6.07, 6.45) is 5.34. The van der Waals surface area contributed by atoms with E-state index in [9.17, 15) is 4.79 Å². The molecule has 124 valence electrons. The van der Waals surface area contributed by atoms with E-state index in [0.29, 0.717) is 23.2 Å². The number of hydrogen-bond donors (Lipinski definition) is 1. The van der Waals surface area contributed by atoms with Crippen LogP contribution in [-0.2, 0) is 0 Å². The predicted molar refractivity (Wildman–Crippen MR) is 95.8 cm³/mol. The highest BCUT2D eigenvalue weighted by molar-refractivity contribution is 6.05. The minimum Gasteiger partial charge on any atom is -0.307 e. The number of fused-ring (bicyclic) bond motifs is 6. The van der Waals surface area contributed by atoms with Gasteiger partial charge >= 0.3 is 0 Å². The van der Waals surface area contributed by atoms with Crippen molar-refractivity contribution in [2.45, 2.75) is 38.0 Å².